The molecule has 160 valence electrons. The number of thiophene rings is 1. The van der Waals surface area contributed by atoms with E-state index in [-0.39, 0.29) is 11.7 Å². The summed E-state index contributed by atoms with van der Waals surface area (Å²) >= 11 is 1.40. The molecule has 3 heterocycles. The van der Waals surface area contributed by atoms with E-state index in [9.17, 15) is 9.18 Å². The van der Waals surface area contributed by atoms with Crippen LogP contribution in [0.25, 0.3) is 21.5 Å². The summed E-state index contributed by atoms with van der Waals surface area (Å²) in [7, 11) is 1.83. The van der Waals surface area contributed by atoms with Crippen LogP contribution in [0.5, 0.6) is 0 Å². The monoisotopic (exact) mass is 428 g/mol. The van der Waals surface area contributed by atoms with E-state index in [2.05, 4.69) is 22.2 Å². The number of halogens is 1. The van der Waals surface area contributed by atoms with Crippen molar-refractivity contribution in [3.63, 3.8) is 0 Å². The second kappa shape index (κ2) is 9.27. The highest BCUT2D eigenvalue weighted by Crippen LogP contribution is 2.34. The van der Waals surface area contributed by atoms with Gasteiger partial charge in [-0.25, -0.2) is 4.39 Å². The third-order valence-electron chi connectivity index (χ3n) is 5.99. The van der Waals surface area contributed by atoms with Crippen LogP contribution in [0.1, 0.15) is 48.7 Å². The van der Waals surface area contributed by atoms with Gasteiger partial charge in [-0.3, -0.25) is 9.48 Å². The van der Waals surface area contributed by atoms with Crippen LogP contribution in [0.15, 0.2) is 30.3 Å². The Morgan fingerprint density at radius 1 is 1.33 bits per heavy atom. The third kappa shape index (κ3) is 4.27. The molecule has 5 nitrogen and oxygen atoms in total. The number of benzene rings is 1. The fourth-order valence-corrected chi connectivity index (χ4v) is 5.38. The van der Waals surface area contributed by atoms with E-state index >= 15 is 0 Å². The first-order valence-electron chi connectivity index (χ1n) is 10.8. The number of likely N-dealkylation sites (tertiary alicyclic amines) is 1. The van der Waals surface area contributed by atoms with Crippen molar-refractivity contribution in [1.29, 1.82) is 0 Å². The quantitative estimate of drug-likeness (QED) is 0.549. The number of carbonyl (C=O) groups excluding carboxylic acids is 1. The minimum Gasteiger partial charge on any atom is -0.351 e. The van der Waals surface area contributed by atoms with Crippen LogP contribution in [0, 0.1) is 5.82 Å². The van der Waals surface area contributed by atoms with E-state index in [0.717, 1.165) is 23.2 Å². The Morgan fingerprint density at radius 3 is 2.97 bits per heavy atom. The zero-order valence-corrected chi connectivity index (χ0v) is 18.5. The molecule has 0 unspecified atom stereocenters. The largest absolute Gasteiger partial charge is 0.351 e. The fourth-order valence-electron chi connectivity index (χ4n) is 4.39. The van der Waals surface area contributed by atoms with Crippen LogP contribution in [-0.2, 0) is 7.05 Å². The molecule has 1 aliphatic heterocycles. The van der Waals surface area contributed by atoms with Gasteiger partial charge in [0.05, 0.1) is 4.88 Å². The van der Waals surface area contributed by atoms with Gasteiger partial charge in [0.1, 0.15) is 16.3 Å². The summed E-state index contributed by atoms with van der Waals surface area (Å²) < 4.78 is 16.0. The van der Waals surface area contributed by atoms with Crippen molar-refractivity contribution in [2.75, 3.05) is 19.6 Å². The molecule has 0 saturated carbocycles. The van der Waals surface area contributed by atoms with Gasteiger partial charge in [-0.2, -0.15) is 5.10 Å². The van der Waals surface area contributed by atoms with Crippen molar-refractivity contribution >= 4 is 27.5 Å². The standard InChI is InChI=1S/C23H29FN4OS/c1-3-16-9-6-7-13-28(16)14-8-12-25-22(29)20-15-18-21(26-27(2)23(18)30-20)17-10-4-5-11-19(17)24/h4-5,10-11,15-16H,3,6-9,12-14H2,1-2H3,(H,25,29)/t16-/m0/s1. The van der Waals surface area contributed by atoms with E-state index in [0.29, 0.717) is 28.7 Å². The minimum absolute atomic E-state index is 0.0682. The van der Waals surface area contributed by atoms with Gasteiger partial charge in [0.25, 0.3) is 5.91 Å². The minimum atomic E-state index is -0.308. The smallest absolute Gasteiger partial charge is 0.261 e. The highest BCUT2D eigenvalue weighted by molar-refractivity contribution is 7.20. The molecular formula is C23H29FN4OS. The Bertz CT molecular complexity index is 1030. The summed E-state index contributed by atoms with van der Waals surface area (Å²) in [5.74, 6) is -0.376. The predicted molar refractivity (Wildman–Crippen MR) is 120 cm³/mol. The SMILES string of the molecule is CC[C@H]1CCCCN1CCCNC(=O)c1cc2c(-c3ccccc3F)nn(C)c2s1. The maximum Gasteiger partial charge on any atom is 0.261 e. The molecule has 1 amide bonds. The number of hydrogen-bond acceptors (Lipinski definition) is 4. The summed E-state index contributed by atoms with van der Waals surface area (Å²) in [5.41, 5.74) is 1.04. The summed E-state index contributed by atoms with van der Waals surface area (Å²) in [6, 6.07) is 9.14. The van der Waals surface area contributed by atoms with E-state index in [4.69, 9.17) is 0 Å². The molecule has 1 saturated heterocycles. The van der Waals surface area contributed by atoms with Crippen LogP contribution in [0.3, 0.4) is 0 Å². The first-order valence-corrected chi connectivity index (χ1v) is 11.6. The lowest BCUT2D eigenvalue weighted by atomic mass is 10.00. The zero-order chi connectivity index (χ0) is 21.1. The summed E-state index contributed by atoms with van der Waals surface area (Å²) in [6.45, 7) is 5.14. The van der Waals surface area contributed by atoms with Crippen molar-refractivity contribution in [2.45, 2.75) is 45.1 Å². The van der Waals surface area contributed by atoms with Gasteiger partial charge in [-0.1, -0.05) is 25.5 Å². The summed E-state index contributed by atoms with van der Waals surface area (Å²) in [5, 5.41) is 8.34. The van der Waals surface area contributed by atoms with Crippen LogP contribution in [0.2, 0.25) is 0 Å². The third-order valence-corrected chi connectivity index (χ3v) is 7.19. The fraction of sp³-hybridized carbons (Fsp3) is 0.478. The molecule has 1 fully saturated rings. The highest BCUT2D eigenvalue weighted by Gasteiger charge is 2.21. The van der Waals surface area contributed by atoms with Gasteiger partial charge < -0.3 is 10.2 Å². The highest BCUT2D eigenvalue weighted by atomic mass is 32.1. The Hall–Kier alpha value is -2.25. The maximum absolute atomic E-state index is 14.3. The molecule has 1 aromatic carbocycles. The molecule has 4 rings (SSSR count). The van der Waals surface area contributed by atoms with E-state index in [1.807, 2.05) is 13.1 Å². The maximum atomic E-state index is 14.3. The molecule has 0 radical (unpaired) electrons. The number of rotatable bonds is 7. The van der Waals surface area contributed by atoms with Gasteiger partial charge in [0.2, 0.25) is 0 Å². The second-order valence-electron chi connectivity index (χ2n) is 7.98. The number of nitrogens with one attached hydrogen (secondary N) is 1. The van der Waals surface area contributed by atoms with E-state index < -0.39 is 0 Å². The molecule has 30 heavy (non-hydrogen) atoms. The van der Waals surface area contributed by atoms with Crippen molar-refractivity contribution in [2.24, 2.45) is 7.05 Å². The van der Waals surface area contributed by atoms with Crippen molar-refractivity contribution < 1.29 is 9.18 Å². The van der Waals surface area contributed by atoms with Crippen LogP contribution < -0.4 is 5.32 Å². The predicted octanol–water partition coefficient (Wildman–Crippen LogP) is 4.83. The zero-order valence-electron chi connectivity index (χ0n) is 17.7. The Morgan fingerprint density at radius 2 is 2.17 bits per heavy atom. The molecule has 2 aromatic heterocycles. The van der Waals surface area contributed by atoms with Crippen molar-refractivity contribution in [3.05, 3.63) is 41.0 Å². The first-order chi connectivity index (χ1) is 14.6. The lowest BCUT2D eigenvalue weighted by molar-refractivity contribution is 0.0951. The molecule has 1 aliphatic rings. The Balaban J connectivity index is 1.40. The number of aromatic nitrogens is 2. The summed E-state index contributed by atoms with van der Waals surface area (Å²) in [4.78, 5) is 16.8. The molecule has 1 N–H and O–H groups in total. The van der Waals surface area contributed by atoms with Crippen molar-refractivity contribution in [1.82, 2.24) is 20.0 Å². The van der Waals surface area contributed by atoms with E-state index in [1.165, 1.54) is 49.6 Å². The molecule has 7 heteroatoms. The average molecular weight is 429 g/mol. The second-order valence-corrected chi connectivity index (χ2v) is 9.02. The average Bonchev–Trinajstić information content (AvgIpc) is 3.32. The normalized spacial score (nSPS) is 17.5. The number of fused-ring (bicyclic) bond motifs is 1. The molecule has 0 bridgehead atoms. The van der Waals surface area contributed by atoms with Crippen molar-refractivity contribution in [3.8, 4) is 11.3 Å². The Labute approximate surface area is 180 Å². The van der Waals surface area contributed by atoms with Gasteiger partial charge in [-0.15, -0.1) is 11.3 Å². The van der Waals surface area contributed by atoms with Gasteiger partial charge in [-0.05, 0) is 50.4 Å². The van der Waals surface area contributed by atoms with Crippen LogP contribution in [-0.4, -0.2) is 46.3 Å². The number of amides is 1. The number of nitrogens with zero attached hydrogens (tertiary/aromatic N) is 3. The molecular weight excluding hydrogens is 399 g/mol. The lowest BCUT2D eigenvalue weighted by Gasteiger charge is -2.35. The van der Waals surface area contributed by atoms with Crippen LogP contribution >= 0.6 is 11.3 Å². The summed E-state index contributed by atoms with van der Waals surface area (Å²) in [6.07, 6.45) is 6.06. The van der Waals surface area contributed by atoms with Crippen LogP contribution in [0.4, 0.5) is 4.39 Å². The molecule has 3 aromatic rings. The Kier molecular flexibility index (Phi) is 6.49. The number of carbonyl (C=O) groups is 1. The van der Waals surface area contributed by atoms with E-state index in [1.54, 1.807) is 22.9 Å². The molecule has 1 atom stereocenters. The molecule has 0 aliphatic carbocycles. The topological polar surface area (TPSA) is 50.2 Å². The lowest BCUT2D eigenvalue weighted by Crippen LogP contribution is -2.40. The molecule has 0 spiro atoms. The number of piperidine rings is 1. The van der Waals surface area contributed by atoms with Gasteiger partial charge in [0, 0.05) is 37.1 Å². The number of hydrogen-bond donors (Lipinski definition) is 1. The van der Waals surface area contributed by atoms with Gasteiger partial charge >= 0.3 is 0 Å². The first kappa shape index (κ1) is 21.0. The number of aryl methyl sites for hydroxylation is 1. The van der Waals surface area contributed by atoms with Gasteiger partial charge in [0.15, 0.2) is 0 Å².